The molecule has 0 saturated heterocycles. The first-order valence-electron chi connectivity index (χ1n) is 6.40. The van der Waals surface area contributed by atoms with Crippen LogP contribution in [0.3, 0.4) is 0 Å². The Bertz CT molecular complexity index is 231. The highest BCUT2D eigenvalue weighted by atomic mass is 16.6. The molecule has 0 aliphatic rings. The fourth-order valence-electron chi connectivity index (χ4n) is 0.771. The van der Waals surface area contributed by atoms with Gasteiger partial charge in [-0.05, 0) is 13.3 Å². The largest absolute Gasteiger partial charge is 0.478 e. The second-order valence-corrected chi connectivity index (χ2v) is 3.82. The molecule has 0 amide bonds. The van der Waals surface area contributed by atoms with Gasteiger partial charge in [0, 0.05) is 12.2 Å². The molecule has 120 valence electrons. The van der Waals surface area contributed by atoms with E-state index in [1.54, 1.807) is 0 Å². The maximum absolute atomic E-state index is 9.60. The first-order chi connectivity index (χ1) is 9.45. The van der Waals surface area contributed by atoms with Gasteiger partial charge in [0.2, 0.25) is 0 Å². The van der Waals surface area contributed by atoms with E-state index in [-0.39, 0.29) is 18.8 Å². The van der Waals surface area contributed by atoms with E-state index in [9.17, 15) is 4.79 Å². The highest BCUT2D eigenvalue weighted by Crippen LogP contribution is 1.90. The van der Waals surface area contributed by atoms with E-state index in [4.69, 9.17) is 29.5 Å². The van der Waals surface area contributed by atoms with E-state index < -0.39 is 12.3 Å². The van der Waals surface area contributed by atoms with Crippen LogP contribution in [0.5, 0.6) is 0 Å². The fourth-order valence-corrected chi connectivity index (χ4v) is 0.771. The first kappa shape index (κ1) is 21.3. The first-order valence-corrected chi connectivity index (χ1v) is 6.40. The van der Waals surface area contributed by atoms with E-state index in [2.05, 4.69) is 6.58 Å². The molecule has 1 unspecified atom stereocenters. The van der Waals surface area contributed by atoms with Gasteiger partial charge in [0.1, 0.15) is 0 Å². The SMILES string of the molecule is C=C(C)C(=O)O.CCCOC(O)COCCOCCO. The van der Waals surface area contributed by atoms with Gasteiger partial charge >= 0.3 is 5.97 Å². The summed E-state index contributed by atoms with van der Waals surface area (Å²) >= 11 is 0. The third-order valence-electron chi connectivity index (χ3n) is 1.75. The second-order valence-electron chi connectivity index (χ2n) is 3.82. The number of carboxylic acid groups (broad SMARTS) is 1. The molecule has 1 atom stereocenters. The molecular formula is C13H26O7. The fraction of sp³-hybridized carbons (Fsp3) is 0.769. The van der Waals surface area contributed by atoms with Crippen LogP contribution in [0.25, 0.3) is 0 Å². The standard InChI is InChI=1S/C9H20O5.C4H6O2/c1-2-4-14-9(11)8-13-7-6-12-5-3-10;1-3(2)4(5)6/h9-11H,2-8H2,1H3;1H2,2H3,(H,5,6). The van der Waals surface area contributed by atoms with Crippen LogP contribution in [-0.4, -0.2) is 67.2 Å². The van der Waals surface area contributed by atoms with E-state index in [0.29, 0.717) is 26.4 Å². The quantitative estimate of drug-likeness (QED) is 0.288. The molecule has 0 aliphatic carbocycles. The van der Waals surface area contributed by atoms with Crippen molar-refractivity contribution in [1.82, 2.24) is 0 Å². The van der Waals surface area contributed by atoms with Gasteiger partial charge in [-0.2, -0.15) is 0 Å². The van der Waals surface area contributed by atoms with Crippen LogP contribution < -0.4 is 0 Å². The lowest BCUT2D eigenvalue weighted by Gasteiger charge is -2.11. The monoisotopic (exact) mass is 294 g/mol. The Morgan fingerprint density at radius 1 is 1.20 bits per heavy atom. The molecule has 7 heteroatoms. The van der Waals surface area contributed by atoms with Crippen LogP contribution in [0.15, 0.2) is 12.2 Å². The Hall–Kier alpha value is -0.990. The Morgan fingerprint density at radius 2 is 1.75 bits per heavy atom. The maximum Gasteiger partial charge on any atom is 0.330 e. The van der Waals surface area contributed by atoms with Crippen molar-refractivity contribution >= 4 is 5.97 Å². The molecule has 0 bridgehead atoms. The number of ether oxygens (including phenoxy) is 3. The lowest BCUT2D eigenvalue weighted by Crippen LogP contribution is -2.21. The Balaban J connectivity index is 0. The smallest absolute Gasteiger partial charge is 0.330 e. The third-order valence-corrected chi connectivity index (χ3v) is 1.75. The molecule has 0 aromatic heterocycles. The number of aliphatic carboxylic acids is 1. The van der Waals surface area contributed by atoms with Crippen molar-refractivity contribution in [2.45, 2.75) is 26.6 Å². The summed E-state index contributed by atoms with van der Waals surface area (Å²) in [6.45, 7) is 8.41. The number of hydrogen-bond acceptors (Lipinski definition) is 6. The minimum atomic E-state index is -0.935. The number of hydrogen-bond donors (Lipinski definition) is 3. The average Bonchev–Trinajstić information content (AvgIpc) is 2.41. The number of aliphatic hydroxyl groups is 2. The Morgan fingerprint density at radius 3 is 2.20 bits per heavy atom. The van der Waals surface area contributed by atoms with Crippen molar-refractivity contribution in [3.63, 3.8) is 0 Å². The molecule has 0 aromatic rings. The van der Waals surface area contributed by atoms with Crippen molar-refractivity contribution < 1.29 is 34.3 Å². The number of aliphatic hydroxyl groups excluding tert-OH is 2. The highest BCUT2D eigenvalue weighted by Gasteiger charge is 2.02. The minimum Gasteiger partial charge on any atom is -0.478 e. The van der Waals surface area contributed by atoms with Crippen LogP contribution in [0.2, 0.25) is 0 Å². The molecule has 0 fully saturated rings. The average molecular weight is 294 g/mol. The molecule has 0 radical (unpaired) electrons. The summed E-state index contributed by atoms with van der Waals surface area (Å²) in [6, 6.07) is 0. The van der Waals surface area contributed by atoms with E-state index in [0.717, 1.165) is 6.42 Å². The van der Waals surface area contributed by atoms with Crippen LogP contribution in [-0.2, 0) is 19.0 Å². The summed E-state index contributed by atoms with van der Waals surface area (Å²) in [4.78, 5) is 9.60. The normalized spacial score (nSPS) is 11.4. The van der Waals surface area contributed by atoms with Gasteiger partial charge < -0.3 is 29.5 Å². The van der Waals surface area contributed by atoms with Gasteiger partial charge in [0.15, 0.2) is 6.29 Å². The number of carboxylic acids is 1. The topological polar surface area (TPSA) is 105 Å². The van der Waals surface area contributed by atoms with Gasteiger partial charge in [-0.1, -0.05) is 13.5 Å². The van der Waals surface area contributed by atoms with Gasteiger partial charge in [0.25, 0.3) is 0 Å². The lowest BCUT2D eigenvalue weighted by atomic mass is 10.4. The molecule has 0 heterocycles. The number of rotatable bonds is 11. The van der Waals surface area contributed by atoms with Crippen molar-refractivity contribution in [3.8, 4) is 0 Å². The lowest BCUT2D eigenvalue weighted by molar-refractivity contribution is -0.140. The zero-order valence-electron chi connectivity index (χ0n) is 12.2. The highest BCUT2D eigenvalue weighted by molar-refractivity contribution is 5.84. The van der Waals surface area contributed by atoms with Crippen LogP contribution >= 0.6 is 0 Å². The summed E-state index contributed by atoms with van der Waals surface area (Å²) in [6.07, 6.45) is 0.0178. The zero-order chi connectivity index (χ0) is 15.8. The summed E-state index contributed by atoms with van der Waals surface area (Å²) < 4.78 is 15.0. The predicted molar refractivity (Wildman–Crippen MR) is 73.4 cm³/mol. The van der Waals surface area contributed by atoms with Crippen LogP contribution in [0, 0.1) is 0 Å². The van der Waals surface area contributed by atoms with Crippen molar-refractivity contribution in [2.24, 2.45) is 0 Å². The Kier molecular flexibility index (Phi) is 17.1. The van der Waals surface area contributed by atoms with Crippen molar-refractivity contribution in [2.75, 3.05) is 39.6 Å². The van der Waals surface area contributed by atoms with E-state index in [1.165, 1.54) is 6.92 Å². The molecule has 0 saturated carbocycles. The third kappa shape index (κ3) is 19.4. The van der Waals surface area contributed by atoms with Gasteiger partial charge in [-0.25, -0.2) is 4.79 Å². The molecule has 3 N–H and O–H groups in total. The van der Waals surface area contributed by atoms with E-state index >= 15 is 0 Å². The van der Waals surface area contributed by atoms with Gasteiger partial charge in [-0.15, -0.1) is 0 Å². The molecule has 0 spiro atoms. The van der Waals surface area contributed by atoms with Crippen LogP contribution in [0.4, 0.5) is 0 Å². The summed E-state index contributed by atoms with van der Waals surface area (Å²) in [5.74, 6) is -0.935. The summed E-state index contributed by atoms with van der Waals surface area (Å²) in [7, 11) is 0. The molecule has 0 aromatic carbocycles. The Labute approximate surface area is 119 Å². The van der Waals surface area contributed by atoms with Gasteiger partial charge in [0.05, 0.1) is 33.0 Å². The molecule has 0 aliphatic heterocycles. The second kappa shape index (κ2) is 16.1. The molecular weight excluding hydrogens is 268 g/mol. The summed E-state index contributed by atoms with van der Waals surface area (Å²) in [5, 5.41) is 25.4. The zero-order valence-corrected chi connectivity index (χ0v) is 12.2. The summed E-state index contributed by atoms with van der Waals surface area (Å²) in [5.41, 5.74) is 0.176. The van der Waals surface area contributed by atoms with Crippen molar-refractivity contribution in [3.05, 3.63) is 12.2 Å². The molecule has 20 heavy (non-hydrogen) atoms. The molecule has 7 nitrogen and oxygen atoms in total. The minimum absolute atomic E-state index is 0.0161. The predicted octanol–water partition coefficient (Wildman–Crippen LogP) is 0.404. The van der Waals surface area contributed by atoms with Gasteiger partial charge in [-0.3, -0.25) is 0 Å². The van der Waals surface area contributed by atoms with Crippen molar-refractivity contribution in [1.29, 1.82) is 0 Å². The van der Waals surface area contributed by atoms with E-state index in [1.807, 2.05) is 6.92 Å². The van der Waals surface area contributed by atoms with Crippen LogP contribution in [0.1, 0.15) is 20.3 Å². The number of carbonyl (C=O) groups is 1. The molecule has 0 rings (SSSR count). The maximum atomic E-state index is 9.60.